The van der Waals surface area contributed by atoms with E-state index in [1.54, 1.807) is 0 Å². The summed E-state index contributed by atoms with van der Waals surface area (Å²) in [4.78, 5) is 0. The summed E-state index contributed by atoms with van der Waals surface area (Å²) in [6, 6.07) is 18.1. The molecule has 0 saturated carbocycles. The van der Waals surface area contributed by atoms with E-state index in [1.165, 1.54) is 41.5 Å². The molecule has 0 aromatic heterocycles. The molecule has 0 heteroatoms. The van der Waals surface area contributed by atoms with Gasteiger partial charge in [-0.2, -0.15) is 0 Å². The van der Waals surface area contributed by atoms with Crippen LogP contribution < -0.4 is 0 Å². The van der Waals surface area contributed by atoms with E-state index in [-0.39, 0.29) is 0 Å². The lowest BCUT2D eigenvalue weighted by Gasteiger charge is -2.19. The maximum atomic E-state index is 2.35. The highest BCUT2D eigenvalue weighted by Crippen LogP contribution is 2.30. The zero-order chi connectivity index (χ0) is 17.2. The monoisotopic (exact) mass is 310 g/mol. The zero-order valence-corrected chi connectivity index (χ0v) is 15.9. The first-order chi connectivity index (χ1) is 11.1. The van der Waals surface area contributed by atoms with Crippen molar-refractivity contribution in [2.75, 3.05) is 0 Å². The van der Waals surface area contributed by atoms with Crippen molar-refractivity contribution in [1.29, 1.82) is 0 Å². The van der Waals surface area contributed by atoms with E-state index in [0.717, 1.165) is 0 Å². The molecule has 0 radical (unpaired) electrons. The molecule has 2 unspecified atom stereocenters. The van der Waals surface area contributed by atoms with Gasteiger partial charge in [0.15, 0.2) is 0 Å². The second-order valence-corrected chi connectivity index (χ2v) is 6.40. The molecule has 0 aliphatic carbocycles. The van der Waals surface area contributed by atoms with Crippen LogP contribution in [0.3, 0.4) is 0 Å². The number of hydrogen-bond acceptors (Lipinski definition) is 0. The van der Waals surface area contributed by atoms with Crippen LogP contribution in [0.15, 0.2) is 48.5 Å². The summed E-state index contributed by atoms with van der Waals surface area (Å²) in [5.41, 5.74) is 5.66. The van der Waals surface area contributed by atoms with Gasteiger partial charge in [-0.05, 0) is 56.1 Å². The Morgan fingerprint density at radius 3 is 1.57 bits per heavy atom. The summed E-state index contributed by atoms with van der Waals surface area (Å²) in [6.07, 6.45) is 3.76. The smallest absolute Gasteiger partial charge is 0.0164 e. The topological polar surface area (TPSA) is 0 Å². The van der Waals surface area contributed by atoms with Gasteiger partial charge in [-0.25, -0.2) is 0 Å². The Morgan fingerprint density at radius 2 is 1.13 bits per heavy atom. The summed E-state index contributed by atoms with van der Waals surface area (Å²) in [5.74, 6) is 1.34. The Hall–Kier alpha value is -1.56. The maximum absolute atomic E-state index is 2.35. The average Bonchev–Trinajstić information content (AvgIpc) is 2.59. The second-order valence-electron chi connectivity index (χ2n) is 6.40. The van der Waals surface area contributed by atoms with Crippen LogP contribution in [-0.4, -0.2) is 0 Å². The maximum Gasteiger partial charge on any atom is -0.0164 e. The van der Waals surface area contributed by atoms with Gasteiger partial charge in [-0.1, -0.05) is 87.4 Å². The Labute approximate surface area is 144 Å². The number of benzene rings is 2. The van der Waals surface area contributed by atoms with Crippen LogP contribution in [0.1, 0.15) is 81.0 Å². The molecule has 0 N–H and O–H groups in total. The summed E-state index contributed by atoms with van der Waals surface area (Å²) in [7, 11) is 0. The molecule has 0 aliphatic heterocycles. The summed E-state index contributed by atoms with van der Waals surface area (Å²) >= 11 is 0. The normalized spacial score (nSPS) is 13.0. The van der Waals surface area contributed by atoms with Gasteiger partial charge in [0.25, 0.3) is 0 Å². The predicted molar refractivity (Wildman–Crippen MR) is 104 cm³/mol. The first-order valence-electron chi connectivity index (χ1n) is 9.23. The van der Waals surface area contributed by atoms with Gasteiger partial charge in [0.1, 0.15) is 0 Å². The van der Waals surface area contributed by atoms with Crippen LogP contribution in [-0.2, 0) is 0 Å². The highest BCUT2D eigenvalue weighted by Gasteiger charge is 2.12. The molecular formula is C23H34. The summed E-state index contributed by atoms with van der Waals surface area (Å²) in [6.45, 7) is 13.0. The van der Waals surface area contributed by atoms with Crippen molar-refractivity contribution in [2.24, 2.45) is 0 Å². The first-order valence-corrected chi connectivity index (χ1v) is 9.23. The molecule has 2 aromatic rings. The Morgan fingerprint density at radius 1 is 0.696 bits per heavy atom. The fourth-order valence-corrected chi connectivity index (χ4v) is 2.96. The standard InChI is InChI=1S/C21H28.C2H6/c1-5-19(21-13-8-17(3)9-14-21)15-10-18(4)20-11-6-16(2)7-12-20;1-2/h6-9,11-14,18-19H,5,10,15H2,1-4H3;1-2H3. The number of rotatable bonds is 6. The first kappa shape index (κ1) is 19.5. The van der Waals surface area contributed by atoms with Gasteiger partial charge in [0.2, 0.25) is 0 Å². The van der Waals surface area contributed by atoms with E-state index >= 15 is 0 Å². The van der Waals surface area contributed by atoms with E-state index < -0.39 is 0 Å². The lowest BCUT2D eigenvalue weighted by Crippen LogP contribution is -2.01. The molecule has 0 bridgehead atoms. The van der Waals surface area contributed by atoms with Gasteiger partial charge in [0.05, 0.1) is 0 Å². The Kier molecular flexibility index (Phi) is 8.69. The van der Waals surface area contributed by atoms with Gasteiger partial charge < -0.3 is 0 Å². The molecule has 0 nitrogen and oxygen atoms in total. The number of hydrogen-bond donors (Lipinski definition) is 0. The molecule has 0 saturated heterocycles. The Balaban J connectivity index is 0.00000127. The molecule has 23 heavy (non-hydrogen) atoms. The second kappa shape index (κ2) is 10.3. The SMILES string of the molecule is CC.CCC(CCC(C)c1ccc(C)cc1)c1ccc(C)cc1. The third-order valence-corrected chi connectivity index (χ3v) is 4.64. The van der Waals surface area contributed by atoms with Crippen LogP contribution in [0.25, 0.3) is 0 Å². The lowest BCUT2D eigenvalue weighted by molar-refractivity contribution is 0.535. The van der Waals surface area contributed by atoms with E-state index in [1.807, 2.05) is 13.8 Å². The lowest BCUT2D eigenvalue weighted by atomic mass is 9.86. The minimum Gasteiger partial charge on any atom is -0.0683 e. The van der Waals surface area contributed by atoms with E-state index in [4.69, 9.17) is 0 Å². The van der Waals surface area contributed by atoms with Gasteiger partial charge in [-0.3, -0.25) is 0 Å². The van der Waals surface area contributed by atoms with E-state index in [2.05, 4.69) is 76.2 Å². The van der Waals surface area contributed by atoms with E-state index in [0.29, 0.717) is 11.8 Å². The average molecular weight is 311 g/mol. The third kappa shape index (κ3) is 6.22. The van der Waals surface area contributed by atoms with Crippen LogP contribution in [0, 0.1) is 13.8 Å². The van der Waals surface area contributed by atoms with Crippen LogP contribution in [0.4, 0.5) is 0 Å². The van der Waals surface area contributed by atoms with Crippen molar-refractivity contribution < 1.29 is 0 Å². The molecular weight excluding hydrogens is 276 g/mol. The van der Waals surface area contributed by atoms with Crippen molar-refractivity contribution in [3.63, 3.8) is 0 Å². The minimum atomic E-state index is 0.644. The predicted octanol–water partition coefficient (Wildman–Crippen LogP) is 7.41. The van der Waals surface area contributed by atoms with Crippen molar-refractivity contribution in [3.05, 3.63) is 70.8 Å². The Bertz CT molecular complexity index is 533. The van der Waals surface area contributed by atoms with Gasteiger partial charge in [-0.15, -0.1) is 0 Å². The van der Waals surface area contributed by atoms with Gasteiger partial charge >= 0.3 is 0 Å². The van der Waals surface area contributed by atoms with E-state index in [9.17, 15) is 0 Å². The molecule has 2 atom stereocenters. The van der Waals surface area contributed by atoms with Crippen molar-refractivity contribution in [3.8, 4) is 0 Å². The molecule has 0 heterocycles. The fraction of sp³-hybridized carbons (Fsp3) is 0.478. The van der Waals surface area contributed by atoms with Gasteiger partial charge in [0, 0.05) is 0 Å². The third-order valence-electron chi connectivity index (χ3n) is 4.64. The van der Waals surface area contributed by atoms with Crippen LogP contribution in [0.5, 0.6) is 0 Å². The number of aryl methyl sites for hydroxylation is 2. The molecule has 0 spiro atoms. The molecule has 0 aliphatic rings. The van der Waals surface area contributed by atoms with Crippen molar-refractivity contribution >= 4 is 0 Å². The molecule has 2 rings (SSSR count). The molecule has 126 valence electrons. The fourth-order valence-electron chi connectivity index (χ4n) is 2.96. The highest BCUT2D eigenvalue weighted by molar-refractivity contribution is 5.26. The van der Waals surface area contributed by atoms with Crippen LogP contribution in [0.2, 0.25) is 0 Å². The molecule has 0 fully saturated rings. The molecule has 2 aromatic carbocycles. The highest BCUT2D eigenvalue weighted by atomic mass is 14.2. The summed E-state index contributed by atoms with van der Waals surface area (Å²) in [5, 5.41) is 0. The van der Waals surface area contributed by atoms with Crippen molar-refractivity contribution in [2.45, 2.75) is 72.6 Å². The largest absolute Gasteiger partial charge is 0.0683 e. The van der Waals surface area contributed by atoms with Crippen LogP contribution >= 0.6 is 0 Å². The zero-order valence-electron chi connectivity index (χ0n) is 15.9. The summed E-state index contributed by atoms with van der Waals surface area (Å²) < 4.78 is 0. The minimum absolute atomic E-state index is 0.644. The quantitative estimate of drug-likeness (QED) is 0.521. The van der Waals surface area contributed by atoms with Crippen molar-refractivity contribution in [1.82, 2.24) is 0 Å². The molecule has 0 amide bonds.